The molecule has 10 heavy (non-hydrogen) atoms. The minimum atomic E-state index is 1.06. The molecule has 0 atom stereocenters. The highest BCUT2D eigenvalue weighted by Crippen LogP contribution is 2.08. The van der Waals surface area contributed by atoms with Gasteiger partial charge in [0.2, 0.25) is 0 Å². The monoisotopic (exact) mass is 132 g/mol. The lowest BCUT2D eigenvalue weighted by molar-refractivity contribution is 1.10. The predicted octanol–water partition coefficient (Wildman–Crippen LogP) is 2.47. The molecule has 0 saturated heterocycles. The van der Waals surface area contributed by atoms with Gasteiger partial charge in [-0.25, -0.2) is 0 Å². The Labute approximate surface area is 62.9 Å². The van der Waals surface area contributed by atoms with Crippen LogP contribution < -0.4 is 0 Å². The van der Waals surface area contributed by atoms with Crippen molar-refractivity contribution in [3.63, 3.8) is 0 Å². The van der Waals surface area contributed by atoms with Gasteiger partial charge in [0, 0.05) is 0 Å². The average Bonchev–Trinajstić information content (AvgIpc) is 1.88. The number of benzene rings is 1. The maximum atomic E-state index is 3.26. The molecule has 0 heteroatoms. The van der Waals surface area contributed by atoms with Crippen LogP contribution in [0.5, 0.6) is 0 Å². The topological polar surface area (TPSA) is 0 Å². The summed E-state index contributed by atoms with van der Waals surface area (Å²) < 4.78 is 0. The van der Waals surface area contributed by atoms with E-state index in [-0.39, 0.29) is 0 Å². The molecule has 0 bridgehead atoms. The van der Waals surface area contributed by atoms with Crippen molar-refractivity contribution >= 4 is 0 Å². The lowest BCUT2D eigenvalue weighted by atomic mass is 10.0. The second kappa shape index (κ2) is 2.87. The highest BCUT2D eigenvalue weighted by molar-refractivity contribution is 5.27. The third kappa shape index (κ3) is 1.38. The van der Waals surface area contributed by atoms with E-state index < -0.39 is 0 Å². The molecule has 1 aromatic rings. The van der Waals surface area contributed by atoms with Gasteiger partial charge in [-0.1, -0.05) is 13.0 Å². The van der Waals surface area contributed by atoms with E-state index in [1.807, 2.05) is 13.0 Å². The molecule has 0 amide bonds. The van der Waals surface area contributed by atoms with Crippen LogP contribution in [0.1, 0.15) is 23.6 Å². The van der Waals surface area contributed by atoms with Gasteiger partial charge in [0.05, 0.1) is 0 Å². The van der Waals surface area contributed by atoms with E-state index in [1.54, 1.807) is 0 Å². The molecule has 1 aromatic carbocycles. The Hall–Kier alpha value is -0.780. The second-order valence-corrected chi connectivity index (χ2v) is 2.55. The summed E-state index contributed by atoms with van der Waals surface area (Å²) in [6, 6.07) is 8.47. The van der Waals surface area contributed by atoms with Crippen molar-refractivity contribution in [2.24, 2.45) is 0 Å². The van der Waals surface area contributed by atoms with Gasteiger partial charge < -0.3 is 0 Å². The lowest BCUT2D eigenvalue weighted by Gasteiger charge is -2.00. The number of rotatable bonds is 1. The quantitative estimate of drug-likeness (QED) is 0.550. The summed E-state index contributed by atoms with van der Waals surface area (Å²) in [4.78, 5) is 0. The molecular formula is C10H12. The van der Waals surface area contributed by atoms with E-state index in [1.165, 1.54) is 16.7 Å². The standard InChI is InChI=1S/C10H12/c1-4-10-6-5-8(2)7-9(10)3/h5H,4H2,1-3H3. The van der Waals surface area contributed by atoms with Crippen molar-refractivity contribution in [2.45, 2.75) is 27.2 Å². The molecule has 52 valence electrons. The Morgan fingerprint density at radius 2 is 2.10 bits per heavy atom. The fourth-order valence-corrected chi connectivity index (χ4v) is 1.08. The first-order valence-electron chi connectivity index (χ1n) is 3.64. The largest absolute Gasteiger partial charge is 0.0613 e. The van der Waals surface area contributed by atoms with Gasteiger partial charge in [0.15, 0.2) is 0 Å². The summed E-state index contributed by atoms with van der Waals surface area (Å²) >= 11 is 0. The van der Waals surface area contributed by atoms with Crippen molar-refractivity contribution in [1.82, 2.24) is 0 Å². The maximum absolute atomic E-state index is 3.26. The molecule has 0 unspecified atom stereocenters. The summed E-state index contributed by atoms with van der Waals surface area (Å²) in [5.41, 5.74) is 3.70. The third-order valence-electron chi connectivity index (χ3n) is 1.65. The summed E-state index contributed by atoms with van der Waals surface area (Å²) in [5.74, 6) is 0. The van der Waals surface area contributed by atoms with Gasteiger partial charge in [0.25, 0.3) is 0 Å². The van der Waals surface area contributed by atoms with E-state index in [0.29, 0.717) is 0 Å². The number of hydrogen-bond acceptors (Lipinski definition) is 0. The molecule has 1 rings (SSSR count). The van der Waals surface area contributed by atoms with E-state index in [4.69, 9.17) is 0 Å². The first-order chi connectivity index (χ1) is 4.74. The van der Waals surface area contributed by atoms with Crippen LogP contribution in [0.25, 0.3) is 0 Å². The van der Waals surface area contributed by atoms with Crippen molar-refractivity contribution in [3.05, 3.63) is 34.9 Å². The molecule has 0 aliphatic rings. The molecular weight excluding hydrogens is 120 g/mol. The Kier molecular flexibility index (Phi) is 2.10. The van der Waals surface area contributed by atoms with Crippen LogP contribution in [0.3, 0.4) is 0 Å². The fourth-order valence-electron chi connectivity index (χ4n) is 1.08. The zero-order valence-electron chi connectivity index (χ0n) is 6.78. The summed E-state index contributed by atoms with van der Waals surface area (Å²) in [7, 11) is 0. The fraction of sp³-hybridized carbons (Fsp3) is 0.400. The van der Waals surface area contributed by atoms with Crippen LogP contribution in [-0.2, 0) is 6.42 Å². The second-order valence-electron chi connectivity index (χ2n) is 2.55. The van der Waals surface area contributed by atoms with Crippen LogP contribution in [0.4, 0.5) is 0 Å². The zero-order chi connectivity index (χ0) is 7.56. The summed E-state index contributed by atoms with van der Waals surface area (Å²) in [6.07, 6.45) is 1.06. The van der Waals surface area contributed by atoms with Crippen LogP contribution in [-0.4, -0.2) is 0 Å². The smallest absolute Gasteiger partial charge is 0.0117 e. The number of hydrogen-bond donors (Lipinski definition) is 0. The Morgan fingerprint density at radius 1 is 1.40 bits per heavy atom. The van der Waals surface area contributed by atoms with Gasteiger partial charge in [-0.05, 0) is 49.1 Å². The molecule has 0 aromatic heterocycles. The Morgan fingerprint density at radius 3 is 2.60 bits per heavy atom. The highest BCUT2D eigenvalue weighted by Gasteiger charge is 1.94. The van der Waals surface area contributed by atoms with E-state index >= 15 is 0 Å². The van der Waals surface area contributed by atoms with Crippen LogP contribution in [0.15, 0.2) is 6.07 Å². The summed E-state index contributed by atoms with van der Waals surface area (Å²) in [6.45, 7) is 6.27. The van der Waals surface area contributed by atoms with Crippen LogP contribution >= 0.6 is 0 Å². The predicted molar refractivity (Wildman–Crippen MR) is 43.0 cm³/mol. The van der Waals surface area contributed by atoms with Gasteiger partial charge in [-0.2, -0.15) is 0 Å². The van der Waals surface area contributed by atoms with E-state index in [0.717, 1.165) is 6.42 Å². The Bertz CT molecular complexity index is 223. The normalized spacial score (nSPS) is 9.90. The molecule has 0 aliphatic carbocycles. The molecule has 0 fully saturated rings. The molecule has 0 heterocycles. The van der Waals surface area contributed by atoms with E-state index in [2.05, 4.69) is 26.0 Å². The van der Waals surface area contributed by atoms with Gasteiger partial charge in [-0.3, -0.25) is 0 Å². The Balaban J connectivity index is 3.07. The molecule has 2 radical (unpaired) electrons. The van der Waals surface area contributed by atoms with Gasteiger partial charge >= 0.3 is 0 Å². The molecule has 0 aliphatic heterocycles. The molecule has 0 spiro atoms. The first-order valence-corrected chi connectivity index (χ1v) is 3.64. The maximum Gasteiger partial charge on any atom is -0.0117 e. The molecule has 0 nitrogen and oxygen atoms in total. The van der Waals surface area contributed by atoms with Crippen LogP contribution in [0, 0.1) is 26.0 Å². The number of aryl methyl sites for hydroxylation is 3. The van der Waals surface area contributed by atoms with Crippen molar-refractivity contribution < 1.29 is 0 Å². The molecule has 0 saturated carbocycles. The van der Waals surface area contributed by atoms with Crippen LogP contribution in [0.2, 0.25) is 0 Å². The van der Waals surface area contributed by atoms with Crippen molar-refractivity contribution in [3.8, 4) is 0 Å². The molecule has 0 N–H and O–H groups in total. The third-order valence-corrected chi connectivity index (χ3v) is 1.65. The minimum absolute atomic E-state index is 1.06. The van der Waals surface area contributed by atoms with Crippen molar-refractivity contribution in [2.75, 3.05) is 0 Å². The highest BCUT2D eigenvalue weighted by atomic mass is 14.0. The average molecular weight is 132 g/mol. The van der Waals surface area contributed by atoms with Gasteiger partial charge in [-0.15, -0.1) is 0 Å². The minimum Gasteiger partial charge on any atom is -0.0613 e. The first kappa shape index (κ1) is 7.33. The van der Waals surface area contributed by atoms with E-state index in [9.17, 15) is 0 Å². The zero-order valence-corrected chi connectivity index (χ0v) is 6.78. The van der Waals surface area contributed by atoms with Crippen molar-refractivity contribution in [1.29, 1.82) is 0 Å². The lowest BCUT2D eigenvalue weighted by Crippen LogP contribution is -1.87. The summed E-state index contributed by atoms with van der Waals surface area (Å²) in [5, 5.41) is 0. The van der Waals surface area contributed by atoms with Gasteiger partial charge in [0.1, 0.15) is 0 Å². The SMILES string of the molecule is CCc1[c]cc(C)[c]c1C.